The number of hydrogen-bond acceptors (Lipinski definition) is 6. The van der Waals surface area contributed by atoms with Crippen LogP contribution in [0.4, 0.5) is 4.39 Å². The number of rotatable bonds is 12. The summed E-state index contributed by atoms with van der Waals surface area (Å²) in [5.41, 5.74) is 4.44. The number of methoxy groups -OCH3 is 1. The van der Waals surface area contributed by atoms with Crippen LogP contribution in [0.5, 0.6) is 11.6 Å². The highest BCUT2D eigenvalue weighted by Crippen LogP contribution is 2.31. The predicted molar refractivity (Wildman–Crippen MR) is 155 cm³/mol. The third-order valence-corrected chi connectivity index (χ3v) is 6.70. The lowest BCUT2D eigenvalue weighted by Crippen LogP contribution is -2.36. The van der Waals surface area contributed by atoms with Crippen LogP contribution in [0, 0.1) is 5.82 Å². The molecule has 1 N–H and O–H groups in total. The molecular formula is C31H41FN2O3S. The summed E-state index contributed by atoms with van der Waals surface area (Å²) in [6.45, 7) is 9.76. The van der Waals surface area contributed by atoms with Crippen molar-refractivity contribution in [2.75, 3.05) is 12.9 Å². The van der Waals surface area contributed by atoms with Gasteiger partial charge in [0.2, 0.25) is 5.88 Å². The van der Waals surface area contributed by atoms with E-state index in [1.165, 1.54) is 32.6 Å². The number of ether oxygens (including phenoxy) is 2. The Labute approximate surface area is 231 Å². The Kier molecular flexibility index (Phi) is 11.9. The predicted octanol–water partition coefficient (Wildman–Crippen LogP) is 8.01. The topological polar surface area (TPSA) is 54.8 Å². The highest BCUT2D eigenvalue weighted by Gasteiger charge is 2.19. The lowest BCUT2D eigenvalue weighted by atomic mass is 9.96. The van der Waals surface area contributed by atoms with Crippen molar-refractivity contribution < 1.29 is 18.4 Å². The summed E-state index contributed by atoms with van der Waals surface area (Å²) in [5.74, 6) is 1.43. The summed E-state index contributed by atoms with van der Waals surface area (Å²) in [5, 5.41) is 0. The summed E-state index contributed by atoms with van der Waals surface area (Å²) in [6, 6.07) is 16.3. The van der Waals surface area contributed by atoms with E-state index < -0.39 is 0 Å². The van der Waals surface area contributed by atoms with Gasteiger partial charge < -0.3 is 14.0 Å². The Morgan fingerprint density at radius 1 is 0.974 bits per heavy atom. The fourth-order valence-electron chi connectivity index (χ4n) is 4.15. The second kappa shape index (κ2) is 15.1. The monoisotopic (exact) mass is 540 g/mol. The minimum Gasteiger partial charge on any atom is -0.489 e. The van der Waals surface area contributed by atoms with Crippen LogP contribution in [-0.2, 0) is 19.6 Å². The van der Waals surface area contributed by atoms with Gasteiger partial charge in [0, 0.05) is 36.0 Å². The van der Waals surface area contributed by atoms with Crippen LogP contribution in [0.3, 0.4) is 0 Å². The molecule has 38 heavy (non-hydrogen) atoms. The van der Waals surface area contributed by atoms with E-state index in [0.717, 1.165) is 46.5 Å². The van der Waals surface area contributed by atoms with Crippen LogP contribution in [0.15, 0.2) is 54.7 Å². The van der Waals surface area contributed by atoms with Crippen molar-refractivity contribution in [3.63, 3.8) is 0 Å². The van der Waals surface area contributed by atoms with Gasteiger partial charge in [-0.1, -0.05) is 49.6 Å². The first-order valence-corrected chi connectivity index (χ1v) is 14.3. The summed E-state index contributed by atoms with van der Waals surface area (Å²) in [6.07, 6.45) is 6.48. The maximum Gasteiger partial charge on any atom is 0.213 e. The van der Waals surface area contributed by atoms with Crippen LogP contribution >= 0.6 is 12.0 Å². The van der Waals surface area contributed by atoms with Gasteiger partial charge in [-0.25, -0.2) is 9.37 Å². The molecule has 2 aromatic carbocycles. The van der Waals surface area contributed by atoms with Crippen molar-refractivity contribution in [2.45, 2.75) is 78.6 Å². The maximum absolute atomic E-state index is 14.8. The van der Waals surface area contributed by atoms with E-state index >= 15 is 0 Å². The Bertz CT molecular complexity index is 1140. The van der Waals surface area contributed by atoms with E-state index in [2.05, 4.69) is 43.6 Å². The molecule has 1 aliphatic carbocycles. The van der Waals surface area contributed by atoms with E-state index in [0.29, 0.717) is 42.4 Å². The minimum atomic E-state index is -0.380. The summed E-state index contributed by atoms with van der Waals surface area (Å²) in [7, 11) is 1.53. The van der Waals surface area contributed by atoms with Gasteiger partial charge >= 0.3 is 0 Å². The van der Waals surface area contributed by atoms with Gasteiger partial charge in [-0.05, 0) is 80.5 Å². The van der Waals surface area contributed by atoms with Crippen molar-refractivity contribution >= 4 is 12.0 Å². The van der Waals surface area contributed by atoms with E-state index in [9.17, 15) is 4.39 Å². The average Bonchev–Trinajstić information content (AvgIpc) is 3.80. The molecule has 4 rings (SSSR count). The Morgan fingerprint density at radius 3 is 2.34 bits per heavy atom. The summed E-state index contributed by atoms with van der Waals surface area (Å²) >= 11 is 0.842. The molecule has 5 nitrogen and oxygen atoms in total. The van der Waals surface area contributed by atoms with Crippen molar-refractivity contribution in [3.05, 3.63) is 77.2 Å². The van der Waals surface area contributed by atoms with Crippen LogP contribution in [0.25, 0.3) is 11.1 Å². The fraction of sp³-hybridized carbons (Fsp3) is 0.452. The van der Waals surface area contributed by atoms with E-state index in [1.807, 2.05) is 36.4 Å². The molecule has 1 heterocycles. The molecule has 0 radical (unpaired) electrons. The average molecular weight is 541 g/mol. The number of halogens is 1. The number of hydrogen-bond donors (Lipinski definition) is 1. The molecule has 3 aromatic rings. The quantitative estimate of drug-likeness (QED) is 0.235. The SMILES string of the molecule is C1CC1.COc1cc(-c2ccc(COc3cccc(CCSO)c3)cc2CN(C(C)C)C(C)C)c(F)cn1. The lowest BCUT2D eigenvalue weighted by molar-refractivity contribution is 0.166. The first-order valence-electron chi connectivity index (χ1n) is 13.4. The number of aromatic nitrogens is 1. The van der Waals surface area contributed by atoms with Crippen LogP contribution in [-0.4, -0.2) is 39.4 Å². The van der Waals surface area contributed by atoms with Crippen LogP contribution in [0.2, 0.25) is 0 Å². The number of nitrogens with zero attached hydrogens (tertiary/aromatic N) is 2. The highest BCUT2D eigenvalue weighted by atomic mass is 32.2. The molecule has 0 bridgehead atoms. The molecule has 1 saturated carbocycles. The molecule has 1 aliphatic rings. The first-order chi connectivity index (χ1) is 18.3. The zero-order chi connectivity index (χ0) is 27.5. The zero-order valence-electron chi connectivity index (χ0n) is 23.2. The van der Waals surface area contributed by atoms with E-state index in [-0.39, 0.29) is 5.82 Å². The maximum atomic E-state index is 14.8. The van der Waals surface area contributed by atoms with Gasteiger partial charge in [-0.15, -0.1) is 0 Å². The second-order valence-electron chi connectivity index (χ2n) is 10.1. The molecule has 0 spiro atoms. The number of pyridine rings is 1. The van der Waals surface area contributed by atoms with Gasteiger partial charge in [-0.3, -0.25) is 4.90 Å². The first kappa shape index (κ1) is 29.9. The van der Waals surface area contributed by atoms with Gasteiger partial charge in [0.25, 0.3) is 0 Å². The van der Waals surface area contributed by atoms with Gasteiger partial charge in [0.1, 0.15) is 18.2 Å². The van der Waals surface area contributed by atoms with Crippen molar-refractivity contribution in [1.29, 1.82) is 0 Å². The molecule has 0 saturated heterocycles. The third kappa shape index (κ3) is 9.29. The van der Waals surface area contributed by atoms with Crippen molar-refractivity contribution in [2.24, 2.45) is 0 Å². The Morgan fingerprint density at radius 2 is 1.71 bits per heavy atom. The second-order valence-corrected chi connectivity index (χ2v) is 10.8. The van der Waals surface area contributed by atoms with Gasteiger partial charge in [-0.2, -0.15) is 0 Å². The van der Waals surface area contributed by atoms with Crippen LogP contribution < -0.4 is 9.47 Å². The fourth-order valence-corrected chi connectivity index (χ4v) is 4.47. The molecule has 1 aromatic heterocycles. The number of benzene rings is 2. The summed E-state index contributed by atoms with van der Waals surface area (Å²) < 4.78 is 35.2. The normalized spacial score (nSPS) is 12.5. The molecule has 0 aliphatic heterocycles. The minimum absolute atomic E-state index is 0.333. The molecule has 206 valence electrons. The van der Waals surface area contributed by atoms with Crippen molar-refractivity contribution in [3.8, 4) is 22.8 Å². The van der Waals surface area contributed by atoms with Crippen molar-refractivity contribution in [1.82, 2.24) is 9.88 Å². The molecule has 0 unspecified atom stereocenters. The molecule has 1 fully saturated rings. The van der Waals surface area contributed by atoms with Gasteiger partial charge in [0.15, 0.2) is 0 Å². The van der Waals surface area contributed by atoms with Crippen LogP contribution in [0.1, 0.15) is 63.6 Å². The zero-order valence-corrected chi connectivity index (χ0v) is 24.1. The third-order valence-electron chi connectivity index (χ3n) is 6.32. The molecular weight excluding hydrogens is 499 g/mol. The Hall–Kier alpha value is -2.61. The van der Waals surface area contributed by atoms with E-state index in [4.69, 9.17) is 14.0 Å². The smallest absolute Gasteiger partial charge is 0.213 e. The summed E-state index contributed by atoms with van der Waals surface area (Å²) in [4.78, 5) is 6.37. The largest absolute Gasteiger partial charge is 0.489 e. The molecule has 0 atom stereocenters. The van der Waals surface area contributed by atoms with Gasteiger partial charge in [0.05, 0.1) is 13.3 Å². The standard InChI is InChI=1S/C28H35FN2O3S.C3H6/c1-19(2)31(20(3)4)17-23-13-22(18-34-24-8-6-7-21(14-24)11-12-35-32)9-10-25(23)26-15-28(33-5)30-16-27(26)29;1-2-3-1/h6-10,13-16,19-20,32H,11-12,17-18H2,1-5H3;1-3H2. The highest BCUT2D eigenvalue weighted by molar-refractivity contribution is 7.93. The lowest BCUT2D eigenvalue weighted by Gasteiger charge is -2.31. The number of aryl methyl sites for hydroxylation is 1. The molecule has 7 heteroatoms. The molecule has 0 amide bonds. The Balaban J connectivity index is 0.00000124. The van der Waals surface area contributed by atoms with E-state index in [1.54, 1.807) is 6.07 Å².